The molecule has 182 valence electrons. The molecule has 2 aliphatic heterocycles. The average molecular weight is 512 g/mol. The third-order valence-electron chi connectivity index (χ3n) is 5.77. The summed E-state index contributed by atoms with van der Waals surface area (Å²) in [5, 5.41) is 3.60. The van der Waals surface area contributed by atoms with Crippen LogP contribution in [0, 0.1) is 6.92 Å². The molecule has 1 aromatic heterocycles. The van der Waals surface area contributed by atoms with Gasteiger partial charge in [-0.1, -0.05) is 18.2 Å². The van der Waals surface area contributed by atoms with Crippen LogP contribution in [0.1, 0.15) is 25.9 Å². The predicted molar refractivity (Wildman–Crippen MR) is 136 cm³/mol. The smallest absolute Gasteiger partial charge is 0.274 e. The summed E-state index contributed by atoms with van der Waals surface area (Å²) in [5.41, 5.74) is 1.76. The molecule has 10 heteroatoms. The minimum Gasteiger partial charge on any atom is -0.497 e. The zero-order valence-corrected chi connectivity index (χ0v) is 21.0. The van der Waals surface area contributed by atoms with E-state index in [4.69, 9.17) is 14.2 Å². The summed E-state index contributed by atoms with van der Waals surface area (Å²) in [6.45, 7) is 3.67. The van der Waals surface area contributed by atoms with Gasteiger partial charge in [-0.25, -0.2) is 4.98 Å². The second kappa shape index (κ2) is 10.2. The molecule has 0 spiro atoms. The zero-order chi connectivity index (χ0) is 24.4. The highest BCUT2D eigenvalue weighted by Crippen LogP contribution is 2.36. The fourth-order valence-electron chi connectivity index (χ4n) is 4.12. The number of thiazole rings is 1. The Hall–Kier alpha value is -3.24. The molecule has 1 unspecified atom stereocenters. The van der Waals surface area contributed by atoms with Crippen LogP contribution in [0.2, 0.25) is 0 Å². The number of benzene rings is 2. The van der Waals surface area contributed by atoms with Crippen LogP contribution in [0.4, 0.5) is 0 Å². The maximum atomic E-state index is 13.6. The van der Waals surface area contributed by atoms with Crippen molar-refractivity contribution in [1.29, 1.82) is 0 Å². The van der Waals surface area contributed by atoms with Gasteiger partial charge in [0.05, 0.1) is 27.9 Å². The number of amides is 2. The van der Waals surface area contributed by atoms with Crippen molar-refractivity contribution >= 4 is 34.9 Å². The number of aromatic nitrogens is 1. The van der Waals surface area contributed by atoms with Crippen LogP contribution in [0.25, 0.3) is 10.4 Å². The number of para-hydroxylation sites is 1. The van der Waals surface area contributed by atoms with Crippen molar-refractivity contribution in [3.63, 3.8) is 0 Å². The van der Waals surface area contributed by atoms with Crippen LogP contribution in [-0.4, -0.2) is 66.2 Å². The summed E-state index contributed by atoms with van der Waals surface area (Å²) < 4.78 is 16.6. The van der Waals surface area contributed by atoms with E-state index in [1.807, 2.05) is 31.2 Å². The fraction of sp³-hybridized carbons (Fsp3) is 0.320. The molecule has 8 nitrogen and oxygen atoms in total. The van der Waals surface area contributed by atoms with Gasteiger partial charge in [0, 0.05) is 18.8 Å². The van der Waals surface area contributed by atoms with Crippen molar-refractivity contribution in [1.82, 2.24) is 15.2 Å². The number of fused-ring (bicyclic) bond motifs is 1. The first-order valence-electron chi connectivity index (χ1n) is 11.3. The van der Waals surface area contributed by atoms with Crippen LogP contribution < -0.4 is 19.5 Å². The molecule has 0 aliphatic carbocycles. The number of thioether (sulfide) groups is 1. The van der Waals surface area contributed by atoms with Crippen LogP contribution in [0.5, 0.6) is 17.2 Å². The number of carbonyl (C=O) groups is 2. The van der Waals surface area contributed by atoms with E-state index in [2.05, 4.69) is 10.3 Å². The van der Waals surface area contributed by atoms with Gasteiger partial charge in [-0.2, -0.15) is 0 Å². The highest BCUT2D eigenvalue weighted by Gasteiger charge is 2.33. The van der Waals surface area contributed by atoms with E-state index < -0.39 is 0 Å². The summed E-state index contributed by atoms with van der Waals surface area (Å²) in [7, 11) is 1.62. The minimum absolute atomic E-state index is 0.134. The number of hydrogen-bond donors (Lipinski definition) is 1. The van der Waals surface area contributed by atoms with E-state index in [1.165, 1.54) is 11.3 Å². The molecule has 1 N–H and O–H groups in total. The van der Waals surface area contributed by atoms with Gasteiger partial charge in [0.15, 0.2) is 11.5 Å². The standard InChI is InChI=1S/C25H25N3O5S2/c1-15-27-21(23(35-15)16-5-3-6-17(13-16)31-2)25(30)28-9-12-34-20(28)14-26-24(29)18-7-4-8-19-22(18)33-11-10-32-19/h3-8,13,20H,9-12,14H2,1-2H3,(H,26,29). The lowest BCUT2D eigenvalue weighted by atomic mass is 10.1. The number of methoxy groups -OCH3 is 1. The van der Waals surface area contributed by atoms with Gasteiger partial charge >= 0.3 is 0 Å². The predicted octanol–water partition coefficient (Wildman–Crippen LogP) is 3.84. The fourth-order valence-corrected chi connectivity index (χ4v) is 6.18. The van der Waals surface area contributed by atoms with Crippen molar-refractivity contribution in [3.05, 3.63) is 58.7 Å². The highest BCUT2D eigenvalue weighted by atomic mass is 32.2. The number of ether oxygens (including phenoxy) is 3. The van der Waals surface area contributed by atoms with Gasteiger partial charge in [0.25, 0.3) is 11.8 Å². The van der Waals surface area contributed by atoms with Crippen LogP contribution in [-0.2, 0) is 0 Å². The molecule has 3 heterocycles. The number of hydrogen-bond acceptors (Lipinski definition) is 8. The maximum Gasteiger partial charge on any atom is 0.274 e. The van der Waals surface area contributed by atoms with Crippen molar-refractivity contribution in [2.75, 3.05) is 39.2 Å². The van der Waals surface area contributed by atoms with E-state index >= 15 is 0 Å². The SMILES string of the molecule is COc1cccc(-c2sc(C)nc2C(=O)N2CCSC2CNC(=O)c2cccc3c2OCCO3)c1. The molecule has 0 radical (unpaired) electrons. The lowest BCUT2D eigenvalue weighted by molar-refractivity contribution is 0.0746. The van der Waals surface area contributed by atoms with Gasteiger partial charge in [-0.05, 0) is 36.8 Å². The topological polar surface area (TPSA) is 90.0 Å². The van der Waals surface area contributed by atoms with Gasteiger partial charge in [0.2, 0.25) is 0 Å². The molecule has 1 fully saturated rings. The Bertz CT molecular complexity index is 1260. The third kappa shape index (κ3) is 4.81. The Morgan fingerprint density at radius 3 is 2.89 bits per heavy atom. The molecule has 5 rings (SSSR count). The number of rotatable bonds is 6. The van der Waals surface area contributed by atoms with E-state index in [-0.39, 0.29) is 17.2 Å². The Morgan fingerprint density at radius 2 is 2.03 bits per heavy atom. The first-order valence-corrected chi connectivity index (χ1v) is 13.1. The van der Waals surface area contributed by atoms with Crippen molar-refractivity contribution in [2.24, 2.45) is 0 Å². The molecule has 2 aromatic carbocycles. The highest BCUT2D eigenvalue weighted by molar-refractivity contribution is 8.00. The van der Waals surface area contributed by atoms with Crippen LogP contribution >= 0.6 is 23.1 Å². The first-order chi connectivity index (χ1) is 17.0. The molecule has 0 bridgehead atoms. The summed E-state index contributed by atoms with van der Waals surface area (Å²) in [6, 6.07) is 12.9. The van der Waals surface area contributed by atoms with Gasteiger partial charge in [0.1, 0.15) is 24.7 Å². The minimum atomic E-state index is -0.256. The molecule has 1 saturated heterocycles. The van der Waals surface area contributed by atoms with E-state index in [0.717, 1.165) is 27.0 Å². The van der Waals surface area contributed by atoms with Gasteiger partial charge in [-0.15, -0.1) is 23.1 Å². The Kier molecular flexibility index (Phi) is 6.83. The number of carbonyl (C=O) groups excluding carboxylic acids is 2. The summed E-state index contributed by atoms with van der Waals surface area (Å²) in [6.07, 6.45) is 0. The second-order valence-corrected chi connectivity index (χ2v) is 10.5. The normalized spacial score (nSPS) is 16.7. The Labute approximate surface area is 211 Å². The average Bonchev–Trinajstić information content (AvgIpc) is 3.53. The number of nitrogens with one attached hydrogen (secondary N) is 1. The Balaban J connectivity index is 1.32. The van der Waals surface area contributed by atoms with E-state index in [0.29, 0.717) is 49.1 Å². The maximum absolute atomic E-state index is 13.6. The van der Waals surface area contributed by atoms with E-state index in [9.17, 15) is 9.59 Å². The molecule has 2 aliphatic rings. The van der Waals surface area contributed by atoms with Crippen LogP contribution in [0.3, 0.4) is 0 Å². The van der Waals surface area contributed by atoms with Gasteiger partial charge < -0.3 is 24.4 Å². The molecular weight excluding hydrogens is 486 g/mol. The molecule has 2 amide bonds. The van der Waals surface area contributed by atoms with Crippen molar-refractivity contribution in [2.45, 2.75) is 12.3 Å². The Morgan fingerprint density at radius 1 is 1.20 bits per heavy atom. The summed E-state index contributed by atoms with van der Waals surface area (Å²) >= 11 is 3.13. The largest absolute Gasteiger partial charge is 0.497 e. The molecule has 1 atom stereocenters. The molecule has 0 saturated carbocycles. The van der Waals surface area contributed by atoms with E-state index in [1.54, 1.807) is 42.0 Å². The number of aryl methyl sites for hydroxylation is 1. The molecule has 35 heavy (non-hydrogen) atoms. The first kappa shape index (κ1) is 23.5. The van der Waals surface area contributed by atoms with Crippen molar-refractivity contribution in [3.8, 4) is 27.7 Å². The summed E-state index contributed by atoms with van der Waals surface area (Å²) in [5.74, 6) is 2.16. The number of nitrogens with zero attached hydrogens (tertiary/aromatic N) is 2. The molecular formula is C25H25N3O5S2. The van der Waals surface area contributed by atoms with Crippen LogP contribution in [0.15, 0.2) is 42.5 Å². The quantitative estimate of drug-likeness (QED) is 0.538. The third-order valence-corrected chi connectivity index (χ3v) is 8.01. The molecule has 3 aromatic rings. The lowest BCUT2D eigenvalue weighted by Gasteiger charge is -2.24. The van der Waals surface area contributed by atoms with Gasteiger partial charge in [-0.3, -0.25) is 9.59 Å². The second-order valence-electron chi connectivity index (χ2n) is 8.01. The van der Waals surface area contributed by atoms with Crippen molar-refractivity contribution < 1.29 is 23.8 Å². The zero-order valence-electron chi connectivity index (χ0n) is 19.4. The monoisotopic (exact) mass is 511 g/mol. The summed E-state index contributed by atoms with van der Waals surface area (Å²) in [4.78, 5) is 33.7. The lowest BCUT2D eigenvalue weighted by Crippen LogP contribution is -2.42.